The van der Waals surface area contributed by atoms with Crippen LogP contribution in [0.1, 0.15) is 0 Å². The maximum Gasteiger partial charge on any atom is 0.397 e. The molecule has 0 aliphatic carbocycles. The molecule has 27 nitrogen and oxygen atoms in total. The molecular formula is C30H27N5O22S7. The third-order valence-electron chi connectivity index (χ3n) is 8.21. The number of fused-ring (bicyclic) bond motifs is 2. The Balaban J connectivity index is 1.60. The van der Waals surface area contributed by atoms with Gasteiger partial charge >= 0.3 is 10.4 Å². The van der Waals surface area contributed by atoms with Crippen molar-refractivity contribution in [3.63, 3.8) is 0 Å². The van der Waals surface area contributed by atoms with E-state index in [4.69, 9.17) is 20.8 Å². The molecule has 8 N–H and O–H groups in total. The molecule has 0 amide bonds. The van der Waals surface area contributed by atoms with E-state index in [1.54, 1.807) is 0 Å². The molecular weight excluding hydrogens is 1010 g/mol. The summed E-state index contributed by atoms with van der Waals surface area (Å²) in [4.78, 5) is -2.97. The molecule has 34 heteroatoms. The number of anilines is 1. The SMILES string of the molecule is Nc1c(/N=N/c2ccc(S(=O)(=O)CCOS(=O)(=O)O)cc2)c(S(=O)(=O)O)cc2cc(SOOO)c(/N=N/c3ccc4cc(S(=O)(=O)CCS(=O)OOO)ccc4c3S(=O)(=O)O)c(O)c12. The van der Waals surface area contributed by atoms with Gasteiger partial charge in [-0.15, -0.1) is 24.0 Å². The maximum atomic E-state index is 12.9. The molecule has 0 fully saturated rings. The van der Waals surface area contributed by atoms with Crippen LogP contribution in [0.25, 0.3) is 21.5 Å². The van der Waals surface area contributed by atoms with Crippen LogP contribution in [0.15, 0.2) is 112 Å². The van der Waals surface area contributed by atoms with Gasteiger partial charge in [-0.1, -0.05) is 22.2 Å². The average Bonchev–Trinajstić information content (AvgIpc) is 3.19. The van der Waals surface area contributed by atoms with Gasteiger partial charge in [0.1, 0.15) is 26.9 Å². The number of aromatic hydroxyl groups is 1. The van der Waals surface area contributed by atoms with Crippen molar-refractivity contribution < 1.29 is 98.5 Å². The minimum atomic E-state index is -5.22. The van der Waals surface area contributed by atoms with Crippen molar-refractivity contribution in [3.8, 4) is 5.75 Å². The lowest BCUT2D eigenvalue weighted by atomic mass is 10.1. The van der Waals surface area contributed by atoms with E-state index in [-0.39, 0.29) is 48.6 Å². The van der Waals surface area contributed by atoms with Crippen molar-refractivity contribution >= 4 is 123 Å². The maximum absolute atomic E-state index is 12.9. The standard InChI is InChI=1S/C30H27N5O22S7/c31-26-25-17(15-24(62(44,45)46)28(26)35-32-18-2-4-19(5-3-18)60(40,41)11-9-53-64(50,51)52)14-23(58-56-54-37)27(29(25)36)34-33-22-8-1-16-13-20(6-7-21(16)30(22)63(47,48)49)61(42,43)12-10-59(39)57-55-38/h1-8,13-15,36-38H,9-12,31H2,(H,44,45,46)(H,47,48,49)(H,50,51,52)/b34-33+,35-32+. The quantitative estimate of drug-likeness (QED) is 0.0141. The van der Waals surface area contributed by atoms with Crippen molar-refractivity contribution in [2.24, 2.45) is 20.5 Å². The van der Waals surface area contributed by atoms with E-state index in [0.717, 1.165) is 60.7 Å². The lowest BCUT2D eigenvalue weighted by Crippen LogP contribution is -2.15. The second-order valence-electron chi connectivity index (χ2n) is 12.2. The number of phenols is 1. The monoisotopic (exact) mass is 1030 g/mol. The predicted octanol–water partition coefficient (Wildman–Crippen LogP) is 4.49. The number of benzene rings is 5. The Morgan fingerprint density at radius 2 is 1.33 bits per heavy atom. The fraction of sp³-hybridized carbons (Fsp3) is 0.133. The zero-order valence-electron chi connectivity index (χ0n) is 31.1. The third-order valence-corrected chi connectivity index (χ3v) is 15.5. The molecule has 0 bridgehead atoms. The van der Waals surface area contributed by atoms with Crippen LogP contribution in [0.2, 0.25) is 0 Å². The first-order valence-corrected chi connectivity index (χ1v) is 26.0. The van der Waals surface area contributed by atoms with Gasteiger partial charge in [0, 0.05) is 5.39 Å². The Labute approximate surface area is 367 Å². The van der Waals surface area contributed by atoms with E-state index in [2.05, 4.69) is 43.4 Å². The lowest BCUT2D eigenvalue weighted by Gasteiger charge is -2.14. The summed E-state index contributed by atoms with van der Waals surface area (Å²) < 4.78 is 176. The van der Waals surface area contributed by atoms with Gasteiger partial charge in [-0.25, -0.2) is 35.7 Å². The van der Waals surface area contributed by atoms with Gasteiger partial charge < -0.3 is 10.8 Å². The smallest absolute Gasteiger partial charge is 0.397 e. The molecule has 0 heterocycles. The number of nitrogens with two attached hydrogens (primary N) is 1. The van der Waals surface area contributed by atoms with Crippen LogP contribution in [0, 0.1) is 0 Å². The first-order valence-electron chi connectivity index (χ1n) is 16.4. The molecule has 0 radical (unpaired) electrons. The van der Waals surface area contributed by atoms with Crippen molar-refractivity contribution in [1.29, 1.82) is 0 Å². The highest BCUT2D eigenvalue weighted by atomic mass is 32.3. The summed E-state index contributed by atoms with van der Waals surface area (Å²) in [6.07, 6.45) is 0. The van der Waals surface area contributed by atoms with Crippen LogP contribution in [0.5, 0.6) is 5.75 Å². The van der Waals surface area contributed by atoms with E-state index in [9.17, 15) is 60.5 Å². The highest BCUT2D eigenvalue weighted by molar-refractivity contribution is 7.94. The number of rotatable bonds is 20. The molecule has 5 aromatic rings. The second kappa shape index (κ2) is 19.8. The fourth-order valence-corrected chi connectivity index (χ4v) is 11.4. The second-order valence-corrected chi connectivity index (χ2v) is 22.2. The van der Waals surface area contributed by atoms with Crippen LogP contribution in [0.3, 0.4) is 0 Å². The van der Waals surface area contributed by atoms with E-state index in [0.29, 0.717) is 0 Å². The Morgan fingerprint density at radius 1 is 0.688 bits per heavy atom. The molecule has 0 aromatic heterocycles. The summed E-state index contributed by atoms with van der Waals surface area (Å²) in [7, 11) is -23.7. The molecule has 1 unspecified atom stereocenters. The predicted molar refractivity (Wildman–Crippen MR) is 218 cm³/mol. The summed E-state index contributed by atoms with van der Waals surface area (Å²) in [5.41, 5.74) is 3.44. The highest BCUT2D eigenvalue weighted by Gasteiger charge is 2.27. The first kappa shape index (κ1) is 50.3. The molecule has 346 valence electrons. The van der Waals surface area contributed by atoms with Gasteiger partial charge in [0.05, 0.1) is 67.4 Å². The van der Waals surface area contributed by atoms with Gasteiger partial charge in [0.2, 0.25) is 0 Å². The lowest BCUT2D eigenvalue weighted by molar-refractivity contribution is -0.434. The first-order chi connectivity index (χ1) is 29.8. The number of hydrogen-bond acceptors (Lipinski definition) is 25. The van der Waals surface area contributed by atoms with Crippen LogP contribution >= 0.6 is 12.0 Å². The molecule has 0 saturated carbocycles. The third kappa shape index (κ3) is 12.1. The number of azo groups is 2. The van der Waals surface area contributed by atoms with E-state index in [1.807, 2.05) is 0 Å². The molecule has 64 heavy (non-hydrogen) atoms. The Morgan fingerprint density at radius 3 is 1.94 bits per heavy atom. The number of sulfone groups is 2. The van der Waals surface area contributed by atoms with Crippen molar-refractivity contribution in [3.05, 3.63) is 66.7 Å². The number of phenolic OH excluding ortho intramolecular Hbond substituents is 1. The van der Waals surface area contributed by atoms with Crippen LogP contribution < -0.4 is 5.73 Å². The van der Waals surface area contributed by atoms with Gasteiger partial charge in [0.15, 0.2) is 36.5 Å². The minimum Gasteiger partial charge on any atom is -0.505 e. The fourth-order valence-electron chi connectivity index (χ4n) is 5.50. The molecule has 5 aromatic carbocycles. The number of nitrogen functional groups attached to an aromatic ring is 1. The van der Waals surface area contributed by atoms with E-state index >= 15 is 0 Å². The van der Waals surface area contributed by atoms with Gasteiger partial charge in [-0.3, -0.25) is 13.7 Å². The van der Waals surface area contributed by atoms with Crippen molar-refractivity contribution in [2.75, 3.05) is 29.6 Å². The highest BCUT2D eigenvalue weighted by Crippen LogP contribution is 2.50. The van der Waals surface area contributed by atoms with Crippen LogP contribution in [-0.4, -0.2) is 99.4 Å². The Hall–Kier alpha value is -4.73. The van der Waals surface area contributed by atoms with E-state index < -0.39 is 129 Å². The molecule has 5 rings (SSSR count). The number of nitrogens with zero attached hydrogens (tertiary/aromatic N) is 4. The van der Waals surface area contributed by atoms with Crippen LogP contribution in [0.4, 0.5) is 28.4 Å². The summed E-state index contributed by atoms with van der Waals surface area (Å²) in [5, 5.41) is 49.8. The Kier molecular flexibility index (Phi) is 15.5. The molecule has 0 aliphatic rings. The summed E-state index contributed by atoms with van der Waals surface area (Å²) in [6.45, 7) is -0.914. The van der Waals surface area contributed by atoms with E-state index in [1.165, 1.54) is 6.07 Å². The molecule has 0 aliphatic heterocycles. The van der Waals surface area contributed by atoms with Crippen molar-refractivity contribution in [2.45, 2.75) is 24.5 Å². The Bertz CT molecular complexity index is 3300. The minimum absolute atomic E-state index is 0.0732. The van der Waals surface area contributed by atoms with Gasteiger partial charge in [0.25, 0.3) is 20.2 Å². The average molecular weight is 1030 g/mol. The van der Waals surface area contributed by atoms with Crippen LogP contribution in [-0.2, 0) is 84.3 Å². The summed E-state index contributed by atoms with van der Waals surface area (Å²) >= 11 is -2.22. The van der Waals surface area contributed by atoms with Gasteiger partial charge in [-0.2, -0.15) is 30.4 Å². The topological polar surface area (TPSA) is 431 Å². The summed E-state index contributed by atoms with van der Waals surface area (Å²) in [6, 6.07) is 11.1. The van der Waals surface area contributed by atoms with Crippen molar-refractivity contribution in [1.82, 2.24) is 0 Å². The van der Waals surface area contributed by atoms with Gasteiger partial charge in [-0.05, 0) is 65.4 Å². The molecule has 0 spiro atoms. The summed E-state index contributed by atoms with van der Waals surface area (Å²) in [5.74, 6) is -3.22. The normalized spacial score (nSPS) is 13.7. The molecule has 0 saturated heterocycles. The molecule has 1 atom stereocenters. The zero-order valence-corrected chi connectivity index (χ0v) is 36.8. The number of hydrogen-bond donors (Lipinski definition) is 7. The zero-order chi connectivity index (χ0) is 47.4. The largest absolute Gasteiger partial charge is 0.505 e.